The zero-order valence-corrected chi connectivity index (χ0v) is 25.9. The van der Waals surface area contributed by atoms with Gasteiger partial charge < -0.3 is 18.6 Å². The number of allylic oxidation sites excluding steroid dienone is 1. The third-order valence-corrected chi connectivity index (χ3v) is 9.15. The lowest BCUT2D eigenvalue weighted by Gasteiger charge is -2.31. The molecule has 1 aliphatic heterocycles. The first-order valence-electron chi connectivity index (χ1n) is 14.7. The van der Waals surface area contributed by atoms with Crippen molar-refractivity contribution < 1.29 is 23.4 Å². The summed E-state index contributed by atoms with van der Waals surface area (Å²) in [7, 11) is 3.26. The Morgan fingerprint density at radius 1 is 1.02 bits per heavy atom. The van der Waals surface area contributed by atoms with Crippen LogP contribution in [-0.2, 0) is 11.2 Å². The topological polar surface area (TPSA) is 92.3 Å². The van der Waals surface area contributed by atoms with Crippen molar-refractivity contribution in [1.29, 1.82) is 0 Å². The Hall–Kier alpha value is -5.15. The number of carbonyl (C=O) groups is 1. The first-order valence-corrected chi connectivity index (χ1v) is 15.5. The first kappa shape index (κ1) is 28.6. The van der Waals surface area contributed by atoms with Gasteiger partial charge in [-0.3, -0.25) is 9.36 Å². The van der Waals surface area contributed by atoms with E-state index < -0.39 is 6.04 Å². The molecule has 3 aromatic carbocycles. The summed E-state index contributed by atoms with van der Waals surface area (Å²) in [5, 5.41) is 0. The van der Waals surface area contributed by atoms with E-state index in [2.05, 4.69) is 18.2 Å². The van der Waals surface area contributed by atoms with Crippen molar-refractivity contribution in [1.82, 2.24) is 4.57 Å². The largest absolute Gasteiger partial charge is 0.497 e. The van der Waals surface area contributed by atoms with E-state index in [-0.39, 0.29) is 11.5 Å². The van der Waals surface area contributed by atoms with Crippen LogP contribution in [0.4, 0.5) is 0 Å². The number of hydrogen-bond acceptors (Lipinski definition) is 8. The molecule has 2 aliphatic rings. The summed E-state index contributed by atoms with van der Waals surface area (Å²) >= 11 is 1.33. The van der Waals surface area contributed by atoms with Crippen LogP contribution in [-0.4, -0.2) is 31.4 Å². The minimum atomic E-state index is -0.422. The molecule has 0 unspecified atom stereocenters. The minimum absolute atomic E-state index is 0.165. The number of aryl methyl sites for hydroxylation is 1. The fourth-order valence-electron chi connectivity index (χ4n) is 6.08. The Morgan fingerprint density at radius 2 is 1.89 bits per heavy atom. The highest BCUT2D eigenvalue weighted by atomic mass is 32.1. The number of methoxy groups -OCH3 is 2. The van der Waals surface area contributed by atoms with Gasteiger partial charge in [0.15, 0.2) is 4.80 Å². The van der Waals surface area contributed by atoms with E-state index >= 15 is 0 Å². The second kappa shape index (κ2) is 11.7. The summed E-state index contributed by atoms with van der Waals surface area (Å²) in [6.45, 7) is 2.07. The number of aromatic nitrogens is 1. The van der Waals surface area contributed by atoms with Crippen molar-refractivity contribution in [3.8, 4) is 22.8 Å². The lowest BCUT2D eigenvalue weighted by molar-refractivity contribution is 0.0526. The van der Waals surface area contributed by atoms with Crippen molar-refractivity contribution in [3.63, 3.8) is 0 Å². The van der Waals surface area contributed by atoms with Crippen LogP contribution in [0.5, 0.6) is 11.5 Å². The average molecular weight is 619 g/mol. The molecule has 45 heavy (non-hydrogen) atoms. The number of fused-ring (bicyclic) bond motifs is 3. The molecular formula is C36H30N2O6S. The van der Waals surface area contributed by atoms with Crippen molar-refractivity contribution >= 4 is 29.1 Å². The number of esters is 1. The predicted octanol–water partition coefficient (Wildman–Crippen LogP) is 5.77. The van der Waals surface area contributed by atoms with E-state index in [1.54, 1.807) is 50.0 Å². The number of rotatable bonds is 7. The monoisotopic (exact) mass is 618 g/mol. The normalized spacial score (nSPS) is 15.5. The van der Waals surface area contributed by atoms with E-state index in [4.69, 9.17) is 23.6 Å². The van der Waals surface area contributed by atoms with E-state index in [1.165, 1.54) is 16.9 Å². The average Bonchev–Trinajstić information content (AvgIpc) is 3.67. The molecule has 7 rings (SSSR count). The van der Waals surface area contributed by atoms with Gasteiger partial charge in [0.05, 0.1) is 42.7 Å². The molecule has 0 amide bonds. The third-order valence-electron chi connectivity index (χ3n) is 8.16. The number of thiazole rings is 1. The summed E-state index contributed by atoms with van der Waals surface area (Å²) in [6, 6.07) is 24.3. The number of hydrogen-bond donors (Lipinski definition) is 0. The van der Waals surface area contributed by atoms with Crippen molar-refractivity contribution in [2.75, 3.05) is 20.8 Å². The van der Waals surface area contributed by atoms with Gasteiger partial charge in [-0.1, -0.05) is 47.7 Å². The molecule has 1 atom stereocenters. The maximum atomic E-state index is 14.2. The van der Waals surface area contributed by atoms with Crippen molar-refractivity contribution in [2.45, 2.75) is 25.8 Å². The molecule has 0 saturated carbocycles. The Bertz CT molecular complexity index is 2170. The molecule has 5 aromatic rings. The molecule has 0 N–H and O–H groups in total. The van der Waals surface area contributed by atoms with Crippen molar-refractivity contribution in [3.05, 3.63) is 132 Å². The van der Waals surface area contributed by atoms with Gasteiger partial charge in [-0.05, 0) is 73.4 Å². The molecule has 2 aromatic heterocycles. The molecular weight excluding hydrogens is 588 g/mol. The number of carbonyl (C=O) groups excluding carboxylic acids is 1. The maximum absolute atomic E-state index is 14.2. The molecule has 9 heteroatoms. The Balaban J connectivity index is 1.37. The van der Waals surface area contributed by atoms with Crippen LogP contribution in [0, 0.1) is 0 Å². The lowest BCUT2D eigenvalue weighted by atomic mass is 9.83. The quantitative estimate of drug-likeness (QED) is 0.215. The summed E-state index contributed by atoms with van der Waals surface area (Å²) in [5.41, 5.74) is 6.16. The standard InChI is InChI=1S/C36H30N2O6S/c1-4-43-35(40)23-10-7-9-22(18-23)29-16-14-25(44-29)20-31-34(39)38-33(28-19-24(41-2)13-17-30(28)42-3)27-15-12-21-8-5-6-11-26(21)32(27)37-36(38)45-31/h5-11,13-14,16-20,33H,4,12,15H2,1-3H3/t33-/m1/s1. The van der Waals surface area contributed by atoms with Gasteiger partial charge in [-0.25, -0.2) is 9.79 Å². The maximum Gasteiger partial charge on any atom is 0.338 e. The zero-order valence-electron chi connectivity index (χ0n) is 25.0. The van der Waals surface area contributed by atoms with Gasteiger partial charge in [0.25, 0.3) is 5.56 Å². The van der Waals surface area contributed by atoms with E-state index in [0.29, 0.717) is 44.5 Å². The van der Waals surface area contributed by atoms with Gasteiger partial charge in [0, 0.05) is 22.8 Å². The van der Waals surface area contributed by atoms with Crippen LogP contribution in [0.3, 0.4) is 0 Å². The number of benzene rings is 3. The summed E-state index contributed by atoms with van der Waals surface area (Å²) < 4.78 is 25.0. The van der Waals surface area contributed by atoms with E-state index in [0.717, 1.165) is 40.8 Å². The predicted molar refractivity (Wildman–Crippen MR) is 172 cm³/mol. The van der Waals surface area contributed by atoms with Crippen LogP contribution >= 0.6 is 11.3 Å². The van der Waals surface area contributed by atoms with E-state index in [9.17, 15) is 9.59 Å². The van der Waals surface area contributed by atoms with Gasteiger partial charge in [-0.15, -0.1) is 0 Å². The first-order chi connectivity index (χ1) is 22.0. The molecule has 1 aliphatic carbocycles. The highest BCUT2D eigenvalue weighted by Gasteiger charge is 2.34. The van der Waals surface area contributed by atoms with Gasteiger partial charge in [0.1, 0.15) is 23.0 Å². The molecule has 0 bridgehead atoms. The Kier molecular flexibility index (Phi) is 7.47. The van der Waals surface area contributed by atoms with Crippen LogP contribution in [0.15, 0.2) is 98.6 Å². The molecule has 0 spiro atoms. The van der Waals surface area contributed by atoms with Gasteiger partial charge in [-0.2, -0.15) is 0 Å². The van der Waals surface area contributed by atoms with Crippen molar-refractivity contribution in [2.24, 2.45) is 4.99 Å². The van der Waals surface area contributed by atoms with Gasteiger partial charge in [0.2, 0.25) is 0 Å². The second-order valence-electron chi connectivity index (χ2n) is 10.7. The highest BCUT2D eigenvalue weighted by molar-refractivity contribution is 7.07. The highest BCUT2D eigenvalue weighted by Crippen LogP contribution is 2.44. The lowest BCUT2D eigenvalue weighted by Crippen LogP contribution is -2.39. The minimum Gasteiger partial charge on any atom is -0.497 e. The molecule has 226 valence electrons. The third kappa shape index (κ3) is 5.09. The summed E-state index contributed by atoms with van der Waals surface area (Å²) in [4.78, 5) is 32.2. The molecule has 3 heterocycles. The Labute approximate surface area is 263 Å². The Morgan fingerprint density at radius 3 is 2.71 bits per heavy atom. The number of nitrogens with zero attached hydrogens (tertiary/aromatic N) is 2. The zero-order chi connectivity index (χ0) is 31.1. The SMILES string of the molecule is CCOC(=O)c1cccc(-c2ccc(C=c3sc4n(c3=O)[C@@H](c3cc(OC)ccc3OC)C3=C(N=4)c4ccccc4CC3)o2)c1. The number of ether oxygens (including phenoxy) is 3. The second-order valence-corrected chi connectivity index (χ2v) is 11.7. The smallest absolute Gasteiger partial charge is 0.338 e. The fraction of sp³-hybridized carbons (Fsp3) is 0.194. The summed E-state index contributed by atoms with van der Waals surface area (Å²) in [5.74, 6) is 2.05. The summed E-state index contributed by atoms with van der Waals surface area (Å²) in [6.07, 6.45) is 3.36. The van der Waals surface area contributed by atoms with E-state index in [1.807, 2.05) is 42.5 Å². The van der Waals surface area contributed by atoms with Gasteiger partial charge >= 0.3 is 5.97 Å². The van der Waals surface area contributed by atoms with Crippen LogP contribution in [0.2, 0.25) is 0 Å². The van der Waals surface area contributed by atoms with Crippen LogP contribution in [0.25, 0.3) is 23.1 Å². The number of furan rings is 1. The van der Waals surface area contributed by atoms with Crippen LogP contribution < -0.4 is 24.4 Å². The van der Waals surface area contributed by atoms with Crippen LogP contribution in [0.1, 0.15) is 52.2 Å². The fourth-order valence-corrected chi connectivity index (χ4v) is 7.06. The molecule has 0 fully saturated rings. The molecule has 8 nitrogen and oxygen atoms in total. The molecule has 0 radical (unpaired) electrons. The molecule has 0 saturated heterocycles.